The number of aliphatic hydroxyl groups is 1. The summed E-state index contributed by atoms with van der Waals surface area (Å²) < 4.78 is 39.4. The van der Waals surface area contributed by atoms with Crippen molar-refractivity contribution in [1.82, 2.24) is 14.5 Å². The van der Waals surface area contributed by atoms with E-state index in [1.54, 1.807) is 0 Å². The monoisotopic (exact) mass is 827 g/mol. The van der Waals surface area contributed by atoms with Crippen LogP contribution >= 0.6 is 8.25 Å². The van der Waals surface area contributed by atoms with Gasteiger partial charge in [-0.05, 0) is 52.8 Å². The smallest absolute Gasteiger partial charge is 0.405 e. The maximum Gasteiger partial charge on any atom is 0.697 e. The largest absolute Gasteiger partial charge is 0.697 e. The second-order valence-electron chi connectivity index (χ2n) is 17.3. The molecule has 0 amide bonds. The van der Waals surface area contributed by atoms with E-state index in [1.807, 2.05) is 94.5 Å². The van der Waals surface area contributed by atoms with E-state index in [4.69, 9.17) is 18.1 Å². The summed E-state index contributed by atoms with van der Waals surface area (Å²) in [5.74, 6) is -0.814. The average Bonchev–Trinajstić information content (AvgIpc) is 3.25. The predicted octanol–water partition coefficient (Wildman–Crippen LogP) is 5.42. The van der Waals surface area contributed by atoms with Crippen LogP contribution in [0.4, 0.5) is 0 Å². The summed E-state index contributed by atoms with van der Waals surface area (Å²) >= 11 is 0. The Hall–Kier alpha value is -3.12. The third-order valence-electron chi connectivity index (χ3n) is 11.4. The van der Waals surface area contributed by atoms with Gasteiger partial charge in [0.2, 0.25) is 0 Å². The zero-order valence-corrected chi connectivity index (χ0v) is 37.0. The quantitative estimate of drug-likeness (QED) is 0.137. The van der Waals surface area contributed by atoms with Gasteiger partial charge in [0.25, 0.3) is 19.7 Å². The molecule has 3 N–H and O–H groups in total. The van der Waals surface area contributed by atoms with Gasteiger partial charge in [0.15, 0.2) is 20.6 Å². The molecule has 16 heteroatoms. The van der Waals surface area contributed by atoms with Crippen LogP contribution in [0, 0.1) is 0 Å². The molecular formula is C40H60N4O9PSi2+. The van der Waals surface area contributed by atoms with Gasteiger partial charge in [0, 0.05) is 42.9 Å². The van der Waals surface area contributed by atoms with Crippen LogP contribution in [0.15, 0.2) is 87.5 Å². The number of fused-ring (bicyclic) bond motifs is 1. The number of hydrogen-bond acceptors (Lipinski definition) is 10. The van der Waals surface area contributed by atoms with E-state index in [2.05, 4.69) is 35.6 Å². The first-order valence-electron chi connectivity index (χ1n) is 19.6. The molecule has 3 aliphatic heterocycles. The Balaban J connectivity index is 0.000000463. The zero-order chi connectivity index (χ0) is 40.9. The number of aliphatic imine (C=N–C) groups is 1. The standard InChI is InChI=1S/C31H43N2O9PSi2.C9H16N2/c1-29(2,3)44(7,8)42-31(41-43(37)38)24(40-27(26(31)35)33-20-19-25(34)32-28(33)36)21-39-45(30(4,5)6,22-15-11-9-12-16-22)23-17-13-10-14-18-23;1-2-5-9-10-6-4-8-11(9)7-3-1/h9-20,24,26-27,35H,21H2,1-8H3,(H-,32,34,36,37,38);1-8H2/p+1/t24-,26+,27-,31-;/m1./s1. The van der Waals surface area contributed by atoms with Gasteiger partial charge in [-0.15, -0.1) is 4.89 Å². The van der Waals surface area contributed by atoms with Gasteiger partial charge in [-0.3, -0.25) is 19.3 Å². The second-order valence-corrected chi connectivity index (χ2v) is 27.0. The normalized spacial score (nSPS) is 23.7. The van der Waals surface area contributed by atoms with Crippen LogP contribution in [-0.4, -0.2) is 91.2 Å². The fraction of sp³-hybridized carbons (Fsp3) is 0.575. The van der Waals surface area contributed by atoms with E-state index in [1.165, 1.54) is 57.2 Å². The van der Waals surface area contributed by atoms with Crippen molar-refractivity contribution >= 4 is 41.1 Å². The van der Waals surface area contributed by atoms with Crippen LogP contribution in [0.25, 0.3) is 0 Å². The summed E-state index contributed by atoms with van der Waals surface area (Å²) in [4.78, 5) is 44.1. The van der Waals surface area contributed by atoms with Crippen LogP contribution in [0.5, 0.6) is 0 Å². The van der Waals surface area contributed by atoms with E-state index >= 15 is 0 Å². The van der Waals surface area contributed by atoms with Crippen LogP contribution in [0.1, 0.15) is 79.9 Å². The molecule has 3 aromatic rings. The molecule has 13 nitrogen and oxygen atoms in total. The summed E-state index contributed by atoms with van der Waals surface area (Å²) in [6.45, 7) is 19.4. The number of nitrogens with one attached hydrogen (secondary N) is 1. The number of aromatic amines is 1. The number of ether oxygens (including phenoxy) is 1. The molecule has 0 bridgehead atoms. The lowest BCUT2D eigenvalue weighted by Gasteiger charge is -2.46. The summed E-state index contributed by atoms with van der Waals surface area (Å²) in [7, 11) is -9.38. The van der Waals surface area contributed by atoms with Crippen molar-refractivity contribution in [3.05, 3.63) is 93.8 Å². The van der Waals surface area contributed by atoms with Crippen molar-refractivity contribution in [2.45, 2.75) is 121 Å². The molecule has 1 unspecified atom stereocenters. The van der Waals surface area contributed by atoms with Gasteiger partial charge in [-0.25, -0.2) is 4.79 Å². The van der Waals surface area contributed by atoms with E-state index < -0.39 is 70.4 Å². The summed E-state index contributed by atoms with van der Waals surface area (Å²) in [6, 6.07) is 20.9. The first-order valence-corrected chi connectivity index (χ1v) is 25.5. The van der Waals surface area contributed by atoms with E-state index in [0.29, 0.717) is 0 Å². The Kier molecular flexibility index (Phi) is 14.0. The first-order chi connectivity index (χ1) is 26.3. The molecule has 0 saturated carbocycles. The Morgan fingerprint density at radius 2 is 1.52 bits per heavy atom. The second kappa shape index (κ2) is 17.8. The lowest BCUT2D eigenvalue weighted by atomic mass is 10.1. The van der Waals surface area contributed by atoms with Crippen molar-refractivity contribution in [3.63, 3.8) is 0 Å². The highest BCUT2D eigenvalue weighted by molar-refractivity contribution is 7.32. The Bertz CT molecular complexity index is 1890. The predicted molar refractivity (Wildman–Crippen MR) is 224 cm³/mol. The highest BCUT2D eigenvalue weighted by atomic mass is 31.1. The number of benzene rings is 2. The molecule has 0 spiro atoms. The minimum Gasteiger partial charge on any atom is -0.405 e. The van der Waals surface area contributed by atoms with Crippen LogP contribution in [-0.2, 0) is 22.7 Å². The lowest BCUT2D eigenvalue weighted by molar-refractivity contribution is -0.204. The molecule has 2 aromatic carbocycles. The fourth-order valence-corrected chi connectivity index (χ4v) is 14.1. The third kappa shape index (κ3) is 9.43. The molecule has 0 radical (unpaired) electrons. The number of H-pyrrole nitrogens is 1. The van der Waals surface area contributed by atoms with Crippen molar-refractivity contribution in [1.29, 1.82) is 0 Å². The fourth-order valence-electron chi connectivity index (χ4n) is 7.56. The van der Waals surface area contributed by atoms with Gasteiger partial charge in [0.1, 0.15) is 6.10 Å². The average molecular weight is 828 g/mol. The third-order valence-corrected chi connectivity index (χ3v) is 21.3. The zero-order valence-electron chi connectivity index (χ0n) is 34.1. The van der Waals surface area contributed by atoms with Gasteiger partial charge in [-0.1, -0.05) is 113 Å². The number of hydrogen-bond donors (Lipinski definition) is 3. The SMILES string of the molecule is C1CCC2=NCCCN2CC1.CC(C)(C)[Si](C)(C)O[C@]1(O[P+](=O)O)[C@@H](CO[Si](c2ccccc2)(c2ccccc2)C(C)(C)C)O[C@@H](n2ccc(=O)[nH]c2=O)[C@@H]1O. The number of aromatic nitrogens is 2. The van der Waals surface area contributed by atoms with Crippen LogP contribution in [0.3, 0.4) is 0 Å². The molecule has 4 heterocycles. The van der Waals surface area contributed by atoms with Gasteiger partial charge in [-0.2, -0.15) is 0 Å². The van der Waals surface area contributed by atoms with Gasteiger partial charge < -0.3 is 23.6 Å². The van der Waals surface area contributed by atoms with Gasteiger partial charge >= 0.3 is 13.9 Å². The number of amidine groups is 1. The van der Waals surface area contributed by atoms with E-state index in [9.17, 15) is 24.2 Å². The van der Waals surface area contributed by atoms with Crippen molar-refractivity contribution in [2.75, 3.05) is 26.2 Å². The summed E-state index contributed by atoms with van der Waals surface area (Å²) in [6.07, 6.45) is 3.33. The van der Waals surface area contributed by atoms with Crippen LogP contribution in [0.2, 0.25) is 23.2 Å². The molecule has 1 aromatic heterocycles. The minimum atomic E-state index is -3.33. The van der Waals surface area contributed by atoms with Crippen LogP contribution < -0.4 is 21.6 Å². The maximum absolute atomic E-state index is 12.9. The van der Waals surface area contributed by atoms with Gasteiger partial charge in [0.05, 0.1) is 12.4 Å². The number of nitrogens with zero attached hydrogens (tertiary/aromatic N) is 3. The molecular weight excluding hydrogens is 768 g/mol. The Labute approximate surface area is 333 Å². The lowest BCUT2D eigenvalue weighted by Crippen LogP contribution is -2.68. The van der Waals surface area contributed by atoms with Crippen molar-refractivity contribution < 1.29 is 32.7 Å². The molecule has 5 atom stereocenters. The van der Waals surface area contributed by atoms with Crippen molar-refractivity contribution in [2.24, 2.45) is 4.99 Å². The molecule has 0 aliphatic carbocycles. The van der Waals surface area contributed by atoms with E-state index in [-0.39, 0.29) is 6.61 Å². The molecule has 56 heavy (non-hydrogen) atoms. The first kappa shape index (κ1) is 44.0. The molecule has 2 fully saturated rings. The number of rotatable bonds is 10. The molecule has 3 aliphatic rings. The molecule has 306 valence electrons. The Morgan fingerprint density at radius 1 is 0.911 bits per heavy atom. The maximum atomic E-state index is 12.9. The van der Waals surface area contributed by atoms with Crippen molar-refractivity contribution in [3.8, 4) is 0 Å². The molecule has 6 rings (SSSR count). The summed E-state index contributed by atoms with van der Waals surface area (Å²) in [5, 5.41) is 13.1. The van der Waals surface area contributed by atoms with E-state index in [0.717, 1.165) is 27.6 Å². The summed E-state index contributed by atoms with van der Waals surface area (Å²) in [5.41, 5.74) is -1.47. The molecule has 2 saturated heterocycles. The Morgan fingerprint density at radius 3 is 2.07 bits per heavy atom. The topological polar surface area (TPSA) is 165 Å². The highest BCUT2D eigenvalue weighted by Gasteiger charge is 2.67. The minimum absolute atomic E-state index is 0.225. The number of aliphatic hydroxyl groups excluding tert-OH is 1. The highest BCUT2D eigenvalue weighted by Crippen LogP contribution is 2.50.